The van der Waals surface area contributed by atoms with Gasteiger partial charge >= 0.3 is 10.2 Å². The summed E-state index contributed by atoms with van der Waals surface area (Å²) >= 11 is 0. The number of nitrogens with zero attached hydrogens (tertiary/aromatic N) is 1. The van der Waals surface area contributed by atoms with Crippen LogP contribution in [0.1, 0.15) is 17.7 Å². The van der Waals surface area contributed by atoms with Gasteiger partial charge in [-0.3, -0.25) is 5.10 Å². The quantitative estimate of drug-likeness (QED) is 0.658. The first-order valence-electron chi connectivity index (χ1n) is 3.60. The van der Waals surface area contributed by atoms with Crippen molar-refractivity contribution in [1.82, 2.24) is 10.2 Å². The molecule has 0 fully saturated rings. The second-order valence-electron chi connectivity index (χ2n) is 2.78. The zero-order chi connectivity index (χ0) is 8.77. The molecule has 0 radical (unpaired) electrons. The van der Waals surface area contributed by atoms with Gasteiger partial charge in [-0.1, -0.05) is 3.89 Å². The monoisotopic (exact) mass is 190 g/mol. The van der Waals surface area contributed by atoms with Crippen molar-refractivity contribution in [3.05, 3.63) is 11.3 Å². The third kappa shape index (κ3) is 1.03. The van der Waals surface area contributed by atoms with Crippen LogP contribution < -0.4 is 0 Å². The van der Waals surface area contributed by atoms with E-state index >= 15 is 0 Å². The van der Waals surface area contributed by atoms with E-state index in [4.69, 9.17) is 0 Å². The van der Waals surface area contributed by atoms with Crippen LogP contribution in [0, 0.1) is 0 Å². The molecule has 0 unspecified atom stereocenters. The predicted octanol–water partition coefficient (Wildman–Crippen LogP) is 0.557. The maximum Gasteiger partial charge on any atom is 0.351 e. The highest BCUT2D eigenvalue weighted by molar-refractivity contribution is 7.86. The number of hydrogen-bond donors (Lipinski definition) is 1. The Hall–Kier alpha value is -0.910. The van der Waals surface area contributed by atoms with Crippen LogP contribution in [-0.2, 0) is 23.1 Å². The van der Waals surface area contributed by atoms with Gasteiger partial charge in [-0.25, -0.2) is 0 Å². The molecular weight excluding hydrogens is 183 g/mol. The normalized spacial score (nSPS) is 16.4. The number of hydrogen-bond acceptors (Lipinski definition) is 3. The number of fused-ring (bicyclic) bond motifs is 1. The Morgan fingerprint density at radius 2 is 2.17 bits per heavy atom. The second kappa shape index (κ2) is 2.29. The van der Waals surface area contributed by atoms with E-state index in [1.54, 1.807) is 0 Å². The Bertz CT molecular complexity index is 409. The summed E-state index contributed by atoms with van der Waals surface area (Å²) in [6, 6.07) is 0. The van der Waals surface area contributed by atoms with Crippen LogP contribution in [0.15, 0.2) is 5.03 Å². The van der Waals surface area contributed by atoms with Crippen LogP contribution in [0.5, 0.6) is 0 Å². The predicted molar refractivity (Wildman–Crippen MR) is 38.9 cm³/mol. The summed E-state index contributed by atoms with van der Waals surface area (Å²) in [6.07, 6.45) is 2.23. The molecule has 0 aromatic carbocycles. The fourth-order valence-electron chi connectivity index (χ4n) is 1.49. The van der Waals surface area contributed by atoms with Gasteiger partial charge in [0, 0.05) is 11.3 Å². The molecule has 66 valence electrons. The van der Waals surface area contributed by atoms with Crippen molar-refractivity contribution in [1.29, 1.82) is 0 Å². The van der Waals surface area contributed by atoms with E-state index in [-0.39, 0.29) is 0 Å². The molecule has 2 rings (SSSR count). The maximum atomic E-state index is 12.5. The van der Waals surface area contributed by atoms with E-state index < -0.39 is 15.2 Å². The topological polar surface area (TPSA) is 62.8 Å². The lowest BCUT2D eigenvalue weighted by molar-refractivity contribution is 0.545. The van der Waals surface area contributed by atoms with Gasteiger partial charge in [0.1, 0.15) is 0 Å². The molecular formula is C6H7FN2O2S. The molecule has 1 heterocycles. The molecule has 0 spiro atoms. The molecule has 0 bridgehead atoms. The van der Waals surface area contributed by atoms with Gasteiger partial charge in [0.15, 0.2) is 0 Å². The van der Waals surface area contributed by atoms with Crippen LogP contribution in [0.2, 0.25) is 0 Å². The van der Waals surface area contributed by atoms with E-state index in [1.165, 1.54) is 0 Å². The maximum absolute atomic E-state index is 12.5. The minimum atomic E-state index is -4.63. The molecule has 6 heteroatoms. The third-order valence-electron chi connectivity index (χ3n) is 2.00. The zero-order valence-corrected chi connectivity index (χ0v) is 6.99. The van der Waals surface area contributed by atoms with Crippen molar-refractivity contribution in [2.45, 2.75) is 24.3 Å². The smallest absolute Gasteiger partial charge is 0.281 e. The summed E-state index contributed by atoms with van der Waals surface area (Å²) in [5.74, 6) is 0. The van der Waals surface area contributed by atoms with E-state index in [2.05, 4.69) is 10.2 Å². The first-order valence-corrected chi connectivity index (χ1v) is 4.98. The molecule has 0 aliphatic heterocycles. The summed E-state index contributed by atoms with van der Waals surface area (Å²) < 4.78 is 33.5. The number of rotatable bonds is 1. The Morgan fingerprint density at radius 1 is 1.42 bits per heavy atom. The molecule has 0 saturated heterocycles. The van der Waals surface area contributed by atoms with E-state index in [1.807, 2.05) is 0 Å². The van der Waals surface area contributed by atoms with Crippen LogP contribution in [0.4, 0.5) is 3.89 Å². The highest BCUT2D eigenvalue weighted by Gasteiger charge is 2.26. The van der Waals surface area contributed by atoms with Crippen LogP contribution in [0.25, 0.3) is 0 Å². The average Bonchev–Trinajstić information content (AvgIpc) is 2.37. The van der Waals surface area contributed by atoms with Crippen LogP contribution in [0.3, 0.4) is 0 Å². The lowest BCUT2D eigenvalue weighted by atomic mass is 10.3. The zero-order valence-electron chi connectivity index (χ0n) is 6.17. The third-order valence-corrected chi connectivity index (χ3v) is 2.80. The standard InChI is InChI=1S/C6H7FN2O2S/c7-12(10,11)6-4-2-1-3-5(4)8-9-6/h1-3H2,(H,8,9). The van der Waals surface area contributed by atoms with Crippen molar-refractivity contribution in [3.8, 4) is 0 Å². The van der Waals surface area contributed by atoms with E-state index in [9.17, 15) is 12.3 Å². The molecule has 12 heavy (non-hydrogen) atoms. The Morgan fingerprint density at radius 3 is 2.83 bits per heavy atom. The summed E-state index contributed by atoms with van der Waals surface area (Å²) in [5, 5.41) is 5.52. The molecule has 1 aromatic heterocycles. The van der Waals surface area contributed by atoms with Crippen molar-refractivity contribution in [2.24, 2.45) is 0 Å². The van der Waals surface area contributed by atoms with Gasteiger partial charge in [-0.2, -0.15) is 13.5 Å². The number of aromatic nitrogens is 2. The number of nitrogens with one attached hydrogen (secondary N) is 1. The number of H-pyrrole nitrogens is 1. The Labute approximate surface area is 69.0 Å². The van der Waals surface area contributed by atoms with Gasteiger partial charge < -0.3 is 0 Å². The average molecular weight is 190 g/mol. The molecule has 1 aliphatic rings. The first kappa shape index (κ1) is 7.72. The van der Waals surface area contributed by atoms with E-state index in [0.717, 1.165) is 18.5 Å². The SMILES string of the molecule is O=S(=O)(F)c1n[nH]c2c1CCC2. The van der Waals surface area contributed by atoms with Crippen molar-refractivity contribution in [2.75, 3.05) is 0 Å². The lowest BCUT2D eigenvalue weighted by Gasteiger charge is -1.89. The largest absolute Gasteiger partial charge is 0.351 e. The highest BCUT2D eigenvalue weighted by Crippen LogP contribution is 2.26. The minimum absolute atomic E-state index is 0.421. The molecule has 1 aliphatic carbocycles. The van der Waals surface area contributed by atoms with Gasteiger partial charge in [-0.05, 0) is 19.3 Å². The Kier molecular flexibility index (Phi) is 1.47. The second-order valence-corrected chi connectivity index (χ2v) is 4.04. The molecule has 0 amide bonds. The minimum Gasteiger partial charge on any atom is -0.281 e. The fraction of sp³-hybridized carbons (Fsp3) is 0.500. The van der Waals surface area contributed by atoms with E-state index in [0.29, 0.717) is 12.0 Å². The highest BCUT2D eigenvalue weighted by atomic mass is 32.3. The summed E-state index contributed by atoms with van der Waals surface area (Å²) in [4.78, 5) is 0. The van der Waals surface area contributed by atoms with Gasteiger partial charge in [0.05, 0.1) is 0 Å². The Balaban J connectivity index is 2.61. The van der Waals surface area contributed by atoms with Gasteiger partial charge in [0.25, 0.3) is 0 Å². The van der Waals surface area contributed by atoms with Gasteiger partial charge in [-0.15, -0.1) is 0 Å². The number of aryl methyl sites for hydroxylation is 1. The molecule has 1 aromatic rings. The molecule has 0 saturated carbocycles. The lowest BCUT2D eigenvalue weighted by Crippen LogP contribution is -1.96. The van der Waals surface area contributed by atoms with Crippen molar-refractivity contribution >= 4 is 10.2 Å². The summed E-state index contributed by atoms with van der Waals surface area (Å²) in [5.41, 5.74) is 1.28. The molecule has 0 atom stereocenters. The fourth-order valence-corrected chi connectivity index (χ4v) is 2.16. The molecule has 1 N–H and O–H groups in total. The summed E-state index contributed by atoms with van der Waals surface area (Å²) in [7, 11) is -4.63. The number of aromatic amines is 1. The first-order chi connectivity index (χ1) is 5.59. The van der Waals surface area contributed by atoms with Gasteiger partial charge in [0.2, 0.25) is 5.03 Å². The van der Waals surface area contributed by atoms with Crippen LogP contribution >= 0.6 is 0 Å². The van der Waals surface area contributed by atoms with Crippen molar-refractivity contribution < 1.29 is 12.3 Å². The summed E-state index contributed by atoms with van der Waals surface area (Å²) in [6.45, 7) is 0. The van der Waals surface area contributed by atoms with Crippen molar-refractivity contribution in [3.63, 3.8) is 0 Å². The number of halogens is 1. The molecule has 4 nitrogen and oxygen atoms in total. The van der Waals surface area contributed by atoms with Crippen LogP contribution in [-0.4, -0.2) is 18.6 Å².